The van der Waals surface area contributed by atoms with Gasteiger partial charge >= 0.3 is 0 Å². The smallest absolute Gasteiger partial charge is 0.229 e. The minimum Gasteiger partial charge on any atom is -0.382 e. The van der Waals surface area contributed by atoms with E-state index in [4.69, 9.17) is 11.5 Å². The van der Waals surface area contributed by atoms with Crippen LogP contribution in [0.2, 0.25) is 0 Å². The monoisotopic (exact) mass is 210 g/mol. The van der Waals surface area contributed by atoms with Gasteiger partial charge in [0, 0.05) is 13.1 Å². The first-order chi connectivity index (χ1) is 7.13. The van der Waals surface area contributed by atoms with Crippen LogP contribution in [0, 0.1) is 4.91 Å². The maximum Gasteiger partial charge on any atom is 0.229 e. The number of rotatable bonds is 4. The van der Waals surface area contributed by atoms with E-state index in [1.807, 2.05) is 18.7 Å². The van der Waals surface area contributed by atoms with Gasteiger partial charge in [-0.05, 0) is 19.0 Å². The fraction of sp³-hybridized carbons (Fsp3) is 0.500. The molecule has 4 N–H and O–H groups in total. The third kappa shape index (κ3) is 2.12. The molecule has 0 amide bonds. The second-order valence-electron chi connectivity index (χ2n) is 2.91. The van der Waals surface area contributed by atoms with E-state index in [9.17, 15) is 4.91 Å². The largest absolute Gasteiger partial charge is 0.382 e. The SMILES string of the molecule is CCN(CC)c1nc(N)c(N=O)c(N)n1. The minimum absolute atomic E-state index is 0.0133. The molecule has 1 heterocycles. The van der Waals surface area contributed by atoms with Gasteiger partial charge in [0.25, 0.3) is 0 Å². The summed E-state index contributed by atoms with van der Waals surface area (Å²) in [4.78, 5) is 20.2. The van der Waals surface area contributed by atoms with Crippen molar-refractivity contribution in [1.82, 2.24) is 9.97 Å². The van der Waals surface area contributed by atoms with Gasteiger partial charge in [-0.25, -0.2) is 0 Å². The molecule has 0 unspecified atom stereocenters. The highest BCUT2D eigenvalue weighted by atomic mass is 16.3. The van der Waals surface area contributed by atoms with Gasteiger partial charge in [-0.15, -0.1) is 4.91 Å². The molecular formula is C8H14N6O. The fourth-order valence-electron chi connectivity index (χ4n) is 1.22. The van der Waals surface area contributed by atoms with Gasteiger partial charge in [-0.2, -0.15) is 9.97 Å². The molecule has 82 valence electrons. The maximum atomic E-state index is 10.4. The van der Waals surface area contributed by atoms with E-state index in [-0.39, 0.29) is 17.3 Å². The lowest BCUT2D eigenvalue weighted by Crippen LogP contribution is -2.24. The summed E-state index contributed by atoms with van der Waals surface area (Å²) in [5, 5.41) is 2.68. The first-order valence-corrected chi connectivity index (χ1v) is 4.65. The van der Waals surface area contributed by atoms with Crippen molar-refractivity contribution < 1.29 is 0 Å². The van der Waals surface area contributed by atoms with E-state index in [0.717, 1.165) is 13.1 Å². The Labute approximate surface area is 87.5 Å². The molecular weight excluding hydrogens is 196 g/mol. The third-order valence-electron chi connectivity index (χ3n) is 2.06. The van der Waals surface area contributed by atoms with Crippen LogP contribution in [0.5, 0.6) is 0 Å². The van der Waals surface area contributed by atoms with Gasteiger partial charge in [0.15, 0.2) is 17.3 Å². The molecule has 0 saturated heterocycles. The van der Waals surface area contributed by atoms with Crippen molar-refractivity contribution in [2.45, 2.75) is 13.8 Å². The second kappa shape index (κ2) is 4.54. The normalized spacial score (nSPS) is 10.0. The lowest BCUT2D eigenvalue weighted by Gasteiger charge is -2.18. The lowest BCUT2D eigenvalue weighted by molar-refractivity contribution is 0.824. The van der Waals surface area contributed by atoms with Crippen LogP contribution >= 0.6 is 0 Å². The van der Waals surface area contributed by atoms with Crippen LogP contribution in [-0.2, 0) is 0 Å². The predicted octanol–water partition coefficient (Wildman–Crippen LogP) is 0.885. The predicted molar refractivity (Wildman–Crippen MR) is 59.9 cm³/mol. The van der Waals surface area contributed by atoms with Gasteiger partial charge < -0.3 is 16.4 Å². The highest BCUT2D eigenvalue weighted by Crippen LogP contribution is 2.27. The number of nitrogens with two attached hydrogens (primary N) is 2. The number of hydrogen-bond donors (Lipinski definition) is 2. The average Bonchev–Trinajstić information content (AvgIpc) is 2.19. The third-order valence-corrected chi connectivity index (χ3v) is 2.06. The zero-order chi connectivity index (χ0) is 11.4. The van der Waals surface area contributed by atoms with E-state index < -0.39 is 0 Å². The Hall–Kier alpha value is -1.92. The molecule has 0 saturated carbocycles. The molecule has 7 heteroatoms. The summed E-state index contributed by atoms with van der Waals surface area (Å²) in [5.41, 5.74) is 11.0. The fourth-order valence-corrected chi connectivity index (χ4v) is 1.22. The van der Waals surface area contributed by atoms with E-state index in [1.54, 1.807) is 0 Å². The van der Waals surface area contributed by atoms with Crippen molar-refractivity contribution in [3.63, 3.8) is 0 Å². The molecule has 1 rings (SSSR count). The molecule has 0 aromatic carbocycles. The molecule has 0 radical (unpaired) electrons. The Morgan fingerprint density at radius 3 is 2.00 bits per heavy atom. The number of nitrogen functional groups attached to an aromatic ring is 2. The lowest BCUT2D eigenvalue weighted by atomic mass is 10.4. The van der Waals surface area contributed by atoms with E-state index in [2.05, 4.69) is 15.1 Å². The number of aromatic nitrogens is 2. The molecule has 1 aromatic rings. The first-order valence-electron chi connectivity index (χ1n) is 4.65. The molecule has 0 spiro atoms. The molecule has 0 aliphatic heterocycles. The van der Waals surface area contributed by atoms with Crippen LogP contribution < -0.4 is 16.4 Å². The molecule has 0 aliphatic rings. The summed E-state index contributed by atoms with van der Waals surface area (Å²) < 4.78 is 0. The number of hydrogen-bond acceptors (Lipinski definition) is 7. The average molecular weight is 210 g/mol. The Morgan fingerprint density at radius 2 is 1.67 bits per heavy atom. The number of nitrogens with zero attached hydrogens (tertiary/aromatic N) is 4. The summed E-state index contributed by atoms with van der Waals surface area (Å²) in [5.74, 6) is 0.446. The van der Waals surface area contributed by atoms with Crippen LogP contribution in [0.15, 0.2) is 5.18 Å². The Kier molecular flexibility index (Phi) is 3.37. The van der Waals surface area contributed by atoms with Gasteiger partial charge in [0.1, 0.15) is 0 Å². The highest BCUT2D eigenvalue weighted by molar-refractivity contribution is 5.71. The van der Waals surface area contributed by atoms with E-state index >= 15 is 0 Å². The van der Waals surface area contributed by atoms with Crippen molar-refractivity contribution in [3.05, 3.63) is 4.91 Å². The topological polar surface area (TPSA) is 110 Å². The number of nitroso groups, excluding NO2 is 1. The maximum absolute atomic E-state index is 10.4. The molecule has 0 aliphatic carbocycles. The molecule has 15 heavy (non-hydrogen) atoms. The quantitative estimate of drug-likeness (QED) is 0.714. The first kappa shape index (κ1) is 11.2. The van der Waals surface area contributed by atoms with Crippen LogP contribution in [0.25, 0.3) is 0 Å². The van der Waals surface area contributed by atoms with E-state index in [1.165, 1.54) is 0 Å². The summed E-state index contributed by atoms with van der Waals surface area (Å²) in [7, 11) is 0. The number of anilines is 3. The zero-order valence-electron chi connectivity index (χ0n) is 8.77. The van der Waals surface area contributed by atoms with Crippen molar-refractivity contribution in [3.8, 4) is 0 Å². The zero-order valence-corrected chi connectivity index (χ0v) is 8.77. The second-order valence-corrected chi connectivity index (χ2v) is 2.91. The van der Waals surface area contributed by atoms with E-state index in [0.29, 0.717) is 5.95 Å². The molecule has 0 fully saturated rings. The molecule has 0 atom stereocenters. The molecule has 0 bridgehead atoms. The van der Waals surface area contributed by atoms with Crippen LogP contribution in [-0.4, -0.2) is 23.1 Å². The molecule has 1 aromatic heterocycles. The van der Waals surface area contributed by atoms with Gasteiger partial charge in [-0.3, -0.25) is 0 Å². The van der Waals surface area contributed by atoms with Crippen molar-refractivity contribution in [2.24, 2.45) is 5.18 Å². The summed E-state index contributed by atoms with van der Waals surface area (Å²) in [6.45, 7) is 5.41. The van der Waals surface area contributed by atoms with Crippen LogP contribution in [0.4, 0.5) is 23.3 Å². The Bertz CT molecular complexity index is 339. The molecule has 7 nitrogen and oxygen atoms in total. The van der Waals surface area contributed by atoms with Gasteiger partial charge in [-0.1, -0.05) is 0 Å². The van der Waals surface area contributed by atoms with Crippen molar-refractivity contribution in [2.75, 3.05) is 29.5 Å². The Morgan fingerprint density at radius 1 is 1.20 bits per heavy atom. The van der Waals surface area contributed by atoms with Crippen LogP contribution in [0.3, 0.4) is 0 Å². The van der Waals surface area contributed by atoms with Crippen LogP contribution in [0.1, 0.15) is 13.8 Å². The highest BCUT2D eigenvalue weighted by Gasteiger charge is 2.13. The standard InChI is InChI=1S/C8H14N6O/c1-3-14(4-2)8-11-6(9)5(13-15)7(10)12-8/h3-4H2,1-2H3,(H4,9,10,11,12). The summed E-state index contributed by atoms with van der Waals surface area (Å²) >= 11 is 0. The van der Waals surface area contributed by atoms with Crippen molar-refractivity contribution >= 4 is 23.3 Å². The summed E-state index contributed by atoms with van der Waals surface area (Å²) in [6, 6.07) is 0. The Balaban J connectivity index is 3.18. The summed E-state index contributed by atoms with van der Waals surface area (Å²) in [6.07, 6.45) is 0. The van der Waals surface area contributed by atoms with Crippen molar-refractivity contribution in [1.29, 1.82) is 0 Å². The minimum atomic E-state index is -0.0918. The van der Waals surface area contributed by atoms with Gasteiger partial charge in [0.2, 0.25) is 5.95 Å². The van der Waals surface area contributed by atoms with Gasteiger partial charge in [0.05, 0.1) is 0 Å².